The summed E-state index contributed by atoms with van der Waals surface area (Å²) in [6.07, 6.45) is 0. The predicted octanol–water partition coefficient (Wildman–Crippen LogP) is 0.788. The number of ketones is 1. The lowest BCUT2D eigenvalue weighted by atomic mass is 9.87. The van der Waals surface area contributed by atoms with Crippen LogP contribution in [0.1, 0.15) is 15.9 Å². The van der Waals surface area contributed by atoms with Gasteiger partial charge in [-0.15, -0.1) is 0 Å². The van der Waals surface area contributed by atoms with E-state index in [9.17, 15) is 20.1 Å². The van der Waals surface area contributed by atoms with Crippen LogP contribution in [0, 0.1) is 0 Å². The molecule has 1 unspecified atom stereocenters. The predicted molar refractivity (Wildman–Crippen MR) is 68.9 cm³/mol. The van der Waals surface area contributed by atoms with Crippen molar-refractivity contribution in [1.82, 2.24) is 0 Å². The first-order chi connectivity index (χ1) is 9.47. The molecule has 1 aliphatic heterocycles. The zero-order valence-corrected chi connectivity index (χ0v) is 10.4. The molecule has 0 bridgehead atoms. The Morgan fingerprint density at radius 1 is 0.850 bits per heavy atom. The molecule has 0 aromatic heterocycles. The molecule has 0 spiro atoms. The Balaban J connectivity index is 2.21. The Morgan fingerprint density at radius 3 is 2.15 bits per heavy atom. The van der Waals surface area contributed by atoms with Gasteiger partial charge in [0, 0.05) is 5.56 Å². The molecule has 20 heavy (non-hydrogen) atoms. The van der Waals surface area contributed by atoms with Crippen LogP contribution < -0.4 is 4.74 Å². The van der Waals surface area contributed by atoms with E-state index in [0.29, 0.717) is 0 Å². The minimum atomic E-state index is -3.07. The molecule has 1 aliphatic rings. The summed E-state index contributed by atoms with van der Waals surface area (Å²) in [5.41, 5.74) is 0.0889. The number of carbonyl (C=O) groups excluding carboxylic acids is 1. The van der Waals surface area contributed by atoms with Gasteiger partial charge in [0.15, 0.2) is 0 Å². The molecule has 0 aliphatic carbocycles. The number of fused-ring (bicyclic) bond motifs is 1. The molecule has 2 aromatic carbocycles. The highest BCUT2D eigenvalue weighted by Gasteiger charge is 2.61. The van der Waals surface area contributed by atoms with Crippen molar-refractivity contribution in [2.24, 2.45) is 0 Å². The Bertz CT molecular complexity index is 665. The molecule has 5 heteroatoms. The van der Waals surface area contributed by atoms with Crippen LogP contribution in [0.25, 0.3) is 0 Å². The van der Waals surface area contributed by atoms with Gasteiger partial charge in [-0.2, -0.15) is 0 Å². The molecule has 3 N–H and O–H groups in total. The van der Waals surface area contributed by atoms with E-state index in [4.69, 9.17) is 4.74 Å². The number of Topliss-reactive ketones (excluding diaryl/α,β-unsaturated/α-hetero) is 1. The summed E-state index contributed by atoms with van der Waals surface area (Å²) in [5, 5.41) is 30.7. The number of hydrogen-bond donors (Lipinski definition) is 3. The first-order valence-corrected chi connectivity index (χ1v) is 6.02. The van der Waals surface area contributed by atoms with E-state index < -0.39 is 17.4 Å². The van der Waals surface area contributed by atoms with Crippen molar-refractivity contribution in [3.63, 3.8) is 0 Å². The van der Waals surface area contributed by atoms with Crippen LogP contribution in [0.3, 0.4) is 0 Å². The fraction of sp³-hybridized carbons (Fsp3) is 0.133. The van der Waals surface area contributed by atoms with Gasteiger partial charge in [-0.3, -0.25) is 4.79 Å². The molecule has 1 atom stereocenters. The van der Waals surface area contributed by atoms with Gasteiger partial charge in [0.25, 0.3) is 5.79 Å². The average molecular weight is 272 g/mol. The fourth-order valence-electron chi connectivity index (χ4n) is 2.24. The standard InChI is InChI=1S/C15H12O5/c16-13-11-8-4-5-9-12(11)20-15(19,14(13,17)18)10-6-2-1-3-7-10/h1-9,17-19H. The smallest absolute Gasteiger partial charge is 0.301 e. The maximum absolute atomic E-state index is 12.2. The Labute approximate surface area is 114 Å². The van der Waals surface area contributed by atoms with E-state index in [0.717, 1.165) is 0 Å². The lowest BCUT2D eigenvalue weighted by Crippen LogP contribution is -2.62. The summed E-state index contributed by atoms with van der Waals surface area (Å²) < 4.78 is 5.33. The molecule has 5 nitrogen and oxygen atoms in total. The second-order valence-corrected chi connectivity index (χ2v) is 4.61. The van der Waals surface area contributed by atoms with Crippen molar-refractivity contribution in [3.8, 4) is 5.75 Å². The van der Waals surface area contributed by atoms with E-state index in [1.807, 2.05) is 0 Å². The number of ether oxygens (including phenoxy) is 1. The van der Waals surface area contributed by atoms with Crippen LogP contribution in [0.4, 0.5) is 0 Å². The van der Waals surface area contributed by atoms with Gasteiger partial charge in [-0.25, -0.2) is 0 Å². The van der Waals surface area contributed by atoms with Gasteiger partial charge in [0.05, 0.1) is 5.56 Å². The van der Waals surface area contributed by atoms with E-state index in [-0.39, 0.29) is 16.9 Å². The highest BCUT2D eigenvalue weighted by atomic mass is 16.7. The van der Waals surface area contributed by atoms with Crippen molar-refractivity contribution in [1.29, 1.82) is 0 Å². The second kappa shape index (κ2) is 4.14. The van der Waals surface area contributed by atoms with Crippen LogP contribution >= 0.6 is 0 Å². The third-order valence-corrected chi connectivity index (χ3v) is 3.34. The summed E-state index contributed by atoms with van der Waals surface area (Å²) in [6.45, 7) is 0. The van der Waals surface area contributed by atoms with E-state index in [2.05, 4.69) is 0 Å². The molecule has 2 aromatic rings. The van der Waals surface area contributed by atoms with Crippen LogP contribution in [-0.4, -0.2) is 26.9 Å². The molecule has 0 radical (unpaired) electrons. The van der Waals surface area contributed by atoms with E-state index in [1.165, 1.54) is 24.3 Å². The second-order valence-electron chi connectivity index (χ2n) is 4.61. The fourth-order valence-corrected chi connectivity index (χ4v) is 2.24. The van der Waals surface area contributed by atoms with Gasteiger partial charge < -0.3 is 20.1 Å². The van der Waals surface area contributed by atoms with Crippen LogP contribution in [0.15, 0.2) is 54.6 Å². The maximum Gasteiger partial charge on any atom is 0.301 e. The van der Waals surface area contributed by atoms with Crippen LogP contribution in [-0.2, 0) is 5.79 Å². The highest BCUT2D eigenvalue weighted by molar-refractivity contribution is 6.05. The van der Waals surface area contributed by atoms with Gasteiger partial charge in [-0.05, 0) is 12.1 Å². The van der Waals surface area contributed by atoms with Crippen LogP contribution in [0.2, 0.25) is 0 Å². The minimum absolute atomic E-state index is 0.0121. The third-order valence-electron chi connectivity index (χ3n) is 3.34. The van der Waals surface area contributed by atoms with Gasteiger partial charge in [-0.1, -0.05) is 42.5 Å². The number of aliphatic hydroxyl groups is 3. The molecule has 0 amide bonds. The minimum Gasteiger partial charge on any atom is -0.451 e. The topological polar surface area (TPSA) is 87.0 Å². The molecule has 0 fully saturated rings. The zero-order valence-electron chi connectivity index (χ0n) is 10.4. The molecular weight excluding hydrogens is 260 g/mol. The van der Waals surface area contributed by atoms with Gasteiger partial charge in [0.1, 0.15) is 5.75 Å². The summed E-state index contributed by atoms with van der Waals surface area (Å²) in [4.78, 5) is 12.2. The maximum atomic E-state index is 12.2. The average Bonchev–Trinajstić information content (AvgIpc) is 2.46. The summed E-state index contributed by atoms with van der Waals surface area (Å²) in [5.74, 6) is -6.53. The number of hydrogen-bond acceptors (Lipinski definition) is 5. The van der Waals surface area contributed by atoms with Crippen molar-refractivity contribution in [2.45, 2.75) is 11.6 Å². The quantitative estimate of drug-likeness (QED) is 0.668. The molecule has 102 valence electrons. The van der Waals surface area contributed by atoms with Crippen molar-refractivity contribution >= 4 is 5.78 Å². The molecule has 0 saturated heterocycles. The van der Waals surface area contributed by atoms with Gasteiger partial charge >= 0.3 is 5.79 Å². The molecule has 3 rings (SSSR count). The molecule has 0 saturated carbocycles. The highest BCUT2D eigenvalue weighted by Crippen LogP contribution is 2.42. The number of carbonyl (C=O) groups is 1. The van der Waals surface area contributed by atoms with Crippen molar-refractivity contribution in [3.05, 3.63) is 65.7 Å². The Morgan fingerprint density at radius 2 is 1.45 bits per heavy atom. The lowest BCUT2D eigenvalue weighted by molar-refractivity contribution is -0.327. The SMILES string of the molecule is O=C1c2ccccc2OC(O)(c2ccccc2)C1(O)O. The zero-order chi connectivity index (χ0) is 14.4. The Hall–Kier alpha value is -2.21. The first kappa shape index (κ1) is 12.8. The van der Waals surface area contributed by atoms with Crippen molar-refractivity contribution < 1.29 is 24.9 Å². The monoisotopic (exact) mass is 272 g/mol. The van der Waals surface area contributed by atoms with Crippen molar-refractivity contribution in [2.75, 3.05) is 0 Å². The number of benzene rings is 2. The van der Waals surface area contributed by atoms with E-state index >= 15 is 0 Å². The third kappa shape index (κ3) is 1.58. The summed E-state index contributed by atoms with van der Waals surface area (Å²) >= 11 is 0. The van der Waals surface area contributed by atoms with Gasteiger partial charge in [0.2, 0.25) is 5.78 Å². The first-order valence-electron chi connectivity index (χ1n) is 6.02. The Kier molecular flexibility index (Phi) is 2.65. The molecular formula is C15H12O5. The normalized spacial score (nSPS) is 23.9. The van der Waals surface area contributed by atoms with E-state index in [1.54, 1.807) is 30.3 Å². The summed E-state index contributed by atoms with van der Waals surface area (Å²) in [6, 6.07) is 13.9. The largest absolute Gasteiger partial charge is 0.451 e. The lowest BCUT2D eigenvalue weighted by Gasteiger charge is -2.41. The summed E-state index contributed by atoms with van der Waals surface area (Å²) in [7, 11) is 0. The van der Waals surface area contributed by atoms with Crippen LogP contribution in [0.5, 0.6) is 5.75 Å². The molecule has 1 heterocycles. The number of para-hydroxylation sites is 1. The number of rotatable bonds is 1.